The fraction of sp³-hybridized carbons (Fsp3) is 0.429. The third kappa shape index (κ3) is 3.52. The zero-order valence-electron chi connectivity index (χ0n) is 10.8. The summed E-state index contributed by atoms with van der Waals surface area (Å²) in [5.74, 6) is -1.03. The molecule has 1 aromatic rings. The van der Waals surface area contributed by atoms with Crippen molar-refractivity contribution in [2.24, 2.45) is 0 Å². The number of hydrogen-bond acceptors (Lipinski definition) is 2. The summed E-state index contributed by atoms with van der Waals surface area (Å²) in [5.41, 5.74) is 0.955. The molecule has 0 radical (unpaired) electrons. The average molecular weight is 361 g/mol. The van der Waals surface area contributed by atoms with E-state index < -0.39 is 12.0 Å². The molecule has 1 amide bonds. The summed E-state index contributed by atoms with van der Waals surface area (Å²) in [4.78, 5) is 24.7. The van der Waals surface area contributed by atoms with Crippen molar-refractivity contribution in [1.82, 2.24) is 4.90 Å². The molecule has 1 fully saturated rings. The van der Waals surface area contributed by atoms with Gasteiger partial charge in [0.15, 0.2) is 0 Å². The summed E-state index contributed by atoms with van der Waals surface area (Å²) in [7, 11) is 0. The van der Waals surface area contributed by atoms with Gasteiger partial charge in [0.2, 0.25) is 5.91 Å². The third-order valence-corrected chi connectivity index (χ3v) is 4.48. The molecule has 0 unspecified atom stereocenters. The van der Waals surface area contributed by atoms with Crippen molar-refractivity contribution in [3.63, 3.8) is 0 Å². The molecule has 1 saturated heterocycles. The molecule has 0 aliphatic carbocycles. The Bertz CT molecular complexity index is 535. The van der Waals surface area contributed by atoms with Gasteiger partial charge in [0, 0.05) is 22.5 Å². The van der Waals surface area contributed by atoms with E-state index >= 15 is 0 Å². The normalized spacial score (nSPS) is 18.3. The van der Waals surface area contributed by atoms with E-state index in [0.717, 1.165) is 16.5 Å². The highest BCUT2D eigenvalue weighted by Crippen LogP contribution is 2.24. The van der Waals surface area contributed by atoms with Crippen molar-refractivity contribution in [2.45, 2.75) is 31.7 Å². The number of carbonyl (C=O) groups is 2. The van der Waals surface area contributed by atoms with E-state index in [1.165, 1.54) is 4.90 Å². The Balaban J connectivity index is 1.98. The molecule has 0 aromatic heterocycles. The van der Waals surface area contributed by atoms with E-state index in [1.807, 2.05) is 12.1 Å². The molecule has 0 saturated carbocycles. The number of aliphatic carboxylic acids is 1. The zero-order chi connectivity index (χ0) is 14.7. The molecule has 0 spiro atoms. The van der Waals surface area contributed by atoms with Crippen LogP contribution in [-0.2, 0) is 16.0 Å². The monoisotopic (exact) mass is 359 g/mol. The first-order chi connectivity index (χ1) is 9.49. The minimum absolute atomic E-state index is 0.109. The van der Waals surface area contributed by atoms with Gasteiger partial charge in [-0.2, -0.15) is 0 Å². The van der Waals surface area contributed by atoms with E-state index in [-0.39, 0.29) is 5.91 Å². The molecule has 4 nitrogen and oxygen atoms in total. The number of halogens is 2. The minimum atomic E-state index is -0.917. The first kappa shape index (κ1) is 15.3. The van der Waals surface area contributed by atoms with E-state index in [2.05, 4.69) is 15.9 Å². The molecule has 108 valence electrons. The summed E-state index contributed by atoms with van der Waals surface area (Å²) < 4.78 is 0.908. The van der Waals surface area contributed by atoms with Crippen molar-refractivity contribution in [3.8, 4) is 0 Å². The van der Waals surface area contributed by atoms with Crippen LogP contribution in [0.1, 0.15) is 24.8 Å². The minimum Gasteiger partial charge on any atom is -0.480 e. The van der Waals surface area contributed by atoms with Crippen LogP contribution < -0.4 is 0 Å². The highest BCUT2D eigenvalue weighted by atomic mass is 79.9. The van der Waals surface area contributed by atoms with Crippen molar-refractivity contribution in [1.29, 1.82) is 0 Å². The van der Waals surface area contributed by atoms with Gasteiger partial charge in [-0.25, -0.2) is 4.79 Å². The first-order valence-corrected chi connectivity index (χ1v) is 7.62. The van der Waals surface area contributed by atoms with Crippen molar-refractivity contribution in [3.05, 3.63) is 33.3 Å². The van der Waals surface area contributed by atoms with E-state index in [4.69, 9.17) is 16.7 Å². The molecule has 0 bridgehead atoms. The SMILES string of the molecule is O=C(O)[C@@H]1CCCN1C(=O)CCc1cc(Cl)ccc1Br. The molecule has 1 aliphatic rings. The molecule has 1 aliphatic heterocycles. The smallest absolute Gasteiger partial charge is 0.326 e. The van der Waals surface area contributed by atoms with Gasteiger partial charge in [0.25, 0.3) is 0 Å². The van der Waals surface area contributed by atoms with Gasteiger partial charge in [-0.1, -0.05) is 27.5 Å². The van der Waals surface area contributed by atoms with E-state index in [9.17, 15) is 9.59 Å². The Labute approximate surface area is 130 Å². The number of carbonyl (C=O) groups excluding carboxylic acids is 1. The number of carboxylic acids is 1. The highest BCUT2D eigenvalue weighted by molar-refractivity contribution is 9.10. The van der Waals surface area contributed by atoms with Crippen LogP contribution in [0.15, 0.2) is 22.7 Å². The predicted octanol–water partition coefficient (Wildman–Crippen LogP) is 3.11. The first-order valence-electron chi connectivity index (χ1n) is 6.45. The van der Waals surface area contributed by atoms with Gasteiger partial charge in [-0.15, -0.1) is 0 Å². The second kappa shape index (κ2) is 6.59. The lowest BCUT2D eigenvalue weighted by Gasteiger charge is -2.21. The van der Waals surface area contributed by atoms with Crippen molar-refractivity contribution >= 4 is 39.4 Å². The van der Waals surface area contributed by atoms with Crippen LogP contribution in [0, 0.1) is 0 Å². The second-order valence-electron chi connectivity index (χ2n) is 4.82. The number of likely N-dealkylation sites (tertiary alicyclic amines) is 1. The molecule has 6 heteroatoms. The van der Waals surface area contributed by atoms with E-state index in [1.54, 1.807) is 6.07 Å². The lowest BCUT2D eigenvalue weighted by Crippen LogP contribution is -2.40. The highest BCUT2D eigenvalue weighted by Gasteiger charge is 2.33. The summed E-state index contributed by atoms with van der Waals surface area (Å²) in [6, 6.07) is 4.78. The van der Waals surface area contributed by atoms with E-state index in [0.29, 0.717) is 30.8 Å². The number of hydrogen-bond donors (Lipinski definition) is 1. The lowest BCUT2D eigenvalue weighted by atomic mass is 10.1. The van der Waals surface area contributed by atoms with Crippen LogP contribution in [0.5, 0.6) is 0 Å². The lowest BCUT2D eigenvalue weighted by molar-refractivity contribution is -0.148. The maximum Gasteiger partial charge on any atom is 0.326 e. The summed E-state index contributed by atoms with van der Waals surface area (Å²) in [5, 5.41) is 9.70. The van der Waals surface area contributed by atoms with Gasteiger partial charge in [0.1, 0.15) is 6.04 Å². The number of rotatable bonds is 4. The van der Waals surface area contributed by atoms with Crippen LogP contribution in [0.25, 0.3) is 0 Å². The number of carboxylic acid groups (broad SMARTS) is 1. The van der Waals surface area contributed by atoms with Crippen molar-refractivity contribution in [2.75, 3.05) is 6.54 Å². The molecule has 1 heterocycles. The summed E-state index contributed by atoms with van der Waals surface area (Å²) in [6.45, 7) is 0.534. The molecular formula is C14H15BrClNO3. The quantitative estimate of drug-likeness (QED) is 0.897. The standard InChI is InChI=1S/C14H15BrClNO3/c15-11-5-4-10(16)8-9(11)3-6-13(18)17-7-1-2-12(17)14(19)20/h4-5,8,12H,1-3,6-7H2,(H,19,20)/t12-/m0/s1. The second-order valence-corrected chi connectivity index (χ2v) is 6.11. The Morgan fingerprint density at radius 2 is 2.20 bits per heavy atom. The van der Waals surface area contributed by atoms with Crippen LogP contribution in [-0.4, -0.2) is 34.5 Å². The molecule has 1 aromatic carbocycles. The van der Waals surface area contributed by atoms with Gasteiger partial charge < -0.3 is 10.0 Å². The van der Waals surface area contributed by atoms with Gasteiger partial charge >= 0.3 is 5.97 Å². The van der Waals surface area contributed by atoms with Crippen LogP contribution in [0.4, 0.5) is 0 Å². The fourth-order valence-electron chi connectivity index (χ4n) is 2.44. The Morgan fingerprint density at radius 3 is 2.90 bits per heavy atom. The fourth-order valence-corrected chi connectivity index (χ4v) is 3.08. The Hall–Kier alpha value is -1.07. The van der Waals surface area contributed by atoms with Gasteiger partial charge in [0.05, 0.1) is 0 Å². The van der Waals surface area contributed by atoms with Crippen LogP contribution >= 0.6 is 27.5 Å². The maximum atomic E-state index is 12.1. The molecule has 2 rings (SSSR count). The Kier molecular flexibility index (Phi) is 5.05. The van der Waals surface area contributed by atoms with Crippen LogP contribution in [0.3, 0.4) is 0 Å². The molecule has 1 N–H and O–H groups in total. The largest absolute Gasteiger partial charge is 0.480 e. The number of amides is 1. The average Bonchev–Trinajstić information content (AvgIpc) is 2.89. The number of aryl methyl sites for hydroxylation is 1. The molecule has 20 heavy (non-hydrogen) atoms. The third-order valence-electron chi connectivity index (χ3n) is 3.47. The number of benzene rings is 1. The maximum absolute atomic E-state index is 12.1. The van der Waals surface area contributed by atoms with Gasteiger partial charge in [-0.3, -0.25) is 4.79 Å². The Morgan fingerprint density at radius 1 is 1.45 bits per heavy atom. The zero-order valence-corrected chi connectivity index (χ0v) is 13.2. The topological polar surface area (TPSA) is 57.6 Å². The predicted molar refractivity (Wildman–Crippen MR) is 79.8 cm³/mol. The summed E-state index contributed by atoms with van der Waals surface area (Å²) in [6.07, 6.45) is 2.14. The molecule has 1 atom stereocenters. The van der Waals surface area contributed by atoms with Crippen molar-refractivity contribution < 1.29 is 14.7 Å². The van der Waals surface area contributed by atoms with Crippen LogP contribution in [0.2, 0.25) is 5.02 Å². The summed E-state index contributed by atoms with van der Waals surface area (Å²) >= 11 is 9.35. The molecular weight excluding hydrogens is 346 g/mol. The number of nitrogens with zero attached hydrogens (tertiary/aromatic N) is 1. The van der Waals surface area contributed by atoms with Gasteiger partial charge in [-0.05, 0) is 43.0 Å².